The van der Waals surface area contributed by atoms with Crippen molar-refractivity contribution in [2.75, 3.05) is 20.2 Å². The molecule has 0 spiro atoms. The Balaban J connectivity index is 2.16. The second-order valence-electron chi connectivity index (χ2n) is 4.23. The first kappa shape index (κ1) is 13.0. The predicted molar refractivity (Wildman–Crippen MR) is 59.8 cm³/mol. The first-order valence-electron chi connectivity index (χ1n) is 5.71. The highest BCUT2D eigenvalue weighted by atomic mass is 16.5. The minimum absolute atomic E-state index is 0.00449. The summed E-state index contributed by atoms with van der Waals surface area (Å²) < 4.78 is 4.58. The summed E-state index contributed by atoms with van der Waals surface area (Å²) in [5.41, 5.74) is 0. The molecule has 0 bridgehead atoms. The van der Waals surface area contributed by atoms with Crippen LogP contribution in [0.5, 0.6) is 0 Å². The van der Waals surface area contributed by atoms with Gasteiger partial charge in [0.15, 0.2) is 0 Å². The Hall–Kier alpha value is -1.10. The number of carbonyl (C=O) groups is 2. The Labute approximate surface area is 95.9 Å². The molecule has 1 saturated heterocycles. The fraction of sp³-hybridized carbons (Fsp3) is 0.818. The van der Waals surface area contributed by atoms with Crippen molar-refractivity contribution >= 4 is 11.9 Å². The van der Waals surface area contributed by atoms with Crippen LogP contribution in [0.3, 0.4) is 0 Å². The highest BCUT2D eigenvalue weighted by Gasteiger charge is 2.19. The van der Waals surface area contributed by atoms with Crippen LogP contribution >= 0.6 is 0 Å². The molecule has 0 aromatic rings. The monoisotopic (exact) mass is 228 g/mol. The molecule has 2 N–H and O–H groups in total. The number of methoxy groups -OCH3 is 1. The molecule has 1 heterocycles. The smallest absolute Gasteiger partial charge is 0.310 e. The normalized spacial score (nSPS) is 21.5. The van der Waals surface area contributed by atoms with Gasteiger partial charge in [0.05, 0.1) is 13.0 Å². The van der Waals surface area contributed by atoms with E-state index in [2.05, 4.69) is 15.4 Å². The van der Waals surface area contributed by atoms with Gasteiger partial charge < -0.3 is 15.4 Å². The molecule has 1 aliphatic rings. The summed E-state index contributed by atoms with van der Waals surface area (Å²) in [4.78, 5) is 22.6. The summed E-state index contributed by atoms with van der Waals surface area (Å²) in [5, 5.41) is 6.00. The molecular formula is C11H20N2O3. The molecule has 92 valence electrons. The van der Waals surface area contributed by atoms with E-state index in [0.29, 0.717) is 19.0 Å². The van der Waals surface area contributed by atoms with Crippen molar-refractivity contribution in [2.24, 2.45) is 5.92 Å². The van der Waals surface area contributed by atoms with E-state index in [1.165, 1.54) is 7.11 Å². The number of carbonyl (C=O) groups excluding carboxylic acids is 2. The van der Waals surface area contributed by atoms with Crippen LogP contribution in [-0.4, -0.2) is 38.1 Å². The summed E-state index contributed by atoms with van der Waals surface area (Å²) in [6, 6.07) is 0.299. The van der Waals surface area contributed by atoms with E-state index < -0.39 is 0 Å². The second-order valence-corrected chi connectivity index (χ2v) is 4.23. The maximum absolute atomic E-state index is 11.5. The van der Waals surface area contributed by atoms with Crippen LogP contribution in [0.2, 0.25) is 0 Å². The molecule has 2 unspecified atom stereocenters. The number of nitrogens with one attached hydrogen (secondary N) is 2. The van der Waals surface area contributed by atoms with E-state index in [9.17, 15) is 9.59 Å². The molecule has 0 saturated carbocycles. The first-order chi connectivity index (χ1) is 7.63. The van der Waals surface area contributed by atoms with Crippen LogP contribution in [0.25, 0.3) is 0 Å². The van der Waals surface area contributed by atoms with Crippen LogP contribution in [0.4, 0.5) is 0 Å². The average Bonchev–Trinajstić information content (AvgIpc) is 2.77. The number of amides is 1. The van der Waals surface area contributed by atoms with Gasteiger partial charge in [-0.2, -0.15) is 0 Å². The van der Waals surface area contributed by atoms with Crippen molar-refractivity contribution in [2.45, 2.75) is 32.2 Å². The van der Waals surface area contributed by atoms with Crippen LogP contribution in [-0.2, 0) is 14.3 Å². The quantitative estimate of drug-likeness (QED) is 0.653. The summed E-state index contributed by atoms with van der Waals surface area (Å²) >= 11 is 0. The van der Waals surface area contributed by atoms with Crippen molar-refractivity contribution in [1.29, 1.82) is 0 Å². The lowest BCUT2D eigenvalue weighted by atomic mass is 10.1. The number of hydrogen-bond acceptors (Lipinski definition) is 4. The topological polar surface area (TPSA) is 67.4 Å². The van der Waals surface area contributed by atoms with E-state index in [1.807, 2.05) is 0 Å². The van der Waals surface area contributed by atoms with Gasteiger partial charge in [-0.1, -0.05) is 6.92 Å². The maximum Gasteiger partial charge on any atom is 0.310 e. The molecular weight excluding hydrogens is 208 g/mol. The van der Waals surface area contributed by atoms with E-state index in [1.54, 1.807) is 6.92 Å². The molecule has 0 aromatic carbocycles. The third kappa shape index (κ3) is 4.18. The lowest BCUT2D eigenvalue weighted by Crippen LogP contribution is -2.35. The average molecular weight is 228 g/mol. The third-order valence-electron chi connectivity index (χ3n) is 2.80. The van der Waals surface area contributed by atoms with E-state index in [4.69, 9.17) is 0 Å². The van der Waals surface area contributed by atoms with Crippen LogP contribution in [0.15, 0.2) is 0 Å². The van der Waals surface area contributed by atoms with Crippen LogP contribution in [0.1, 0.15) is 26.2 Å². The largest absolute Gasteiger partial charge is 0.469 e. The van der Waals surface area contributed by atoms with Gasteiger partial charge in [0.2, 0.25) is 5.91 Å². The van der Waals surface area contributed by atoms with Crippen molar-refractivity contribution in [3.05, 3.63) is 0 Å². The minimum atomic E-state index is -0.292. The molecule has 0 radical (unpaired) electrons. The Bertz CT molecular complexity index is 250. The Morgan fingerprint density at radius 2 is 2.31 bits per heavy atom. The molecule has 5 nitrogen and oxygen atoms in total. The summed E-state index contributed by atoms with van der Waals surface area (Å²) in [6.07, 6.45) is 2.68. The van der Waals surface area contributed by atoms with Crippen molar-refractivity contribution in [3.8, 4) is 0 Å². The standard InChI is InChI=1S/C11H20N2O3/c1-8(11(15)16-2)7-13-10(14)6-9-4-3-5-12-9/h8-9,12H,3-7H2,1-2H3,(H,13,14). The number of rotatable bonds is 5. The summed E-state index contributed by atoms with van der Waals surface area (Å²) in [5.74, 6) is -0.583. The predicted octanol–water partition coefficient (Wildman–Crippen LogP) is 0.0538. The van der Waals surface area contributed by atoms with Crippen LogP contribution < -0.4 is 10.6 Å². The Kier molecular flexibility index (Phi) is 5.25. The molecule has 1 fully saturated rings. The highest BCUT2D eigenvalue weighted by Crippen LogP contribution is 2.08. The van der Waals surface area contributed by atoms with Crippen molar-refractivity contribution in [3.63, 3.8) is 0 Å². The van der Waals surface area contributed by atoms with Gasteiger partial charge in [0.1, 0.15) is 0 Å². The van der Waals surface area contributed by atoms with Crippen LogP contribution in [0, 0.1) is 5.92 Å². The SMILES string of the molecule is COC(=O)C(C)CNC(=O)CC1CCCN1. The molecule has 16 heavy (non-hydrogen) atoms. The van der Waals surface area contributed by atoms with Gasteiger partial charge in [0, 0.05) is 19.0 Å². The fourth-order valence-corrected chi connectivity index (χ4v) is 1.78. The Morgan fingerprint density at radius 3 is 2.88 bits per heavy atom. The zero-order valence-corrected chi connectivity index (χ0v) is 9.91. The van der Waals surface area contributed by atoms with Crippen molar-refractivity contribution in [1.82, 2.24) is 10.6 Å². The Morgan fingerprint density at radius 1 is 1.56 bits per heavy atom. The molecule has 2 atom stereocenters. The minimum Gasteiger partial charge on any atom is -0.469 e. The van der Waals surface area contributed by atoms with Gasteiger partial charge in [0.25, 0.3) is 0 Å². The molecule has 0 aliphatic carbocycles. The highest BCUT2D eigenvalue weighted by molar-refractivity contribution is 5.78. The number of ether oxygens (including phenoxy) is 1. The summed E-state index contributed by atoms with van der Waals surface area (Å²) in [7, 11) is 1.35. The van der Waals surface area contributed by atoms with Gasteiger partial charge in [-0.05, 0) is 19.4 Å². The van der Waals surface area contributed by atoms with E-state index in [0.717, 1.165) is 19.4 Å². The van der Waals surface area contributed by atoms with E-state index >= 15 is 0 Å². The van der Waals surface area contributed by atoms with E-state index in [-0.39, 0.29) is 17.8 Å². The second kappa shape index (κ2) is 6.48. The third-order valence-corrected chi connectivity index (χ3v) is 2.80. The maximum atomic E-state index is 11.5. The van der Waals surface area contributed by atoms with Gasteiger partial charge >= 0.3 is 5.97 Å². The first-order valence-corrected chi connectivity index (χ1v) is 5.71. The zero-order chi connectivity index (χ0) is 12.0. The molecule has 1 amide bonds. The van der Waals surface area contributed by atoms with Gasteiger partial charge in [-0.3, -0.25) is 9.59 Å². The summed E-state index contributed by atoms with van der Waals surface area (Å²) in [6.45, 7) is 3.08. The lowest BCUT2D eigenvalue weighted by Gasteiger charge is -2.13. The molecule has 1 aliphatic heterocycles. The number of hydrogen-bond donors (Lipinski definition) is 2. The molecule has 5 heteroatoms. The number of esters is 1. The van der Waals surface area contributed by atoms with Crippen molar-refractivity contribution < 1.29 is 14.3 Å². The zero-order valence-electron chi connectivity index (χ0n) is 9.91. The van der Waals surface area contributed by atoms with Gasteiger partial charge in [-0.25, -0.2) is 0 Å². The lowest BCUT2D eigenvalue weighted by molar-refractivity contribution is -0.144. The molecule has 1 rings (SSSR count). The van der Waals surface area contributed by atoms with Gasteiger partial charge in [-0.15, -0.1) is 0 Å². The molecule has 0 aromatic heterocycles. The fourth-order valence-electron chi connectivity index (χ4n) is 1.78.